The van der Waals surface area contributed by atoms with Crippen molar-refractivity contribution in [2.24, 2.45) is 0 Å². The highest BCUT2D eigenvalue weighted by Crippen LogP contribution is 2.27. The maximum absolute atomic E-state index is 13.0. The van der Waals surface area contributed by atoms with Crippen LogP contribution >= 0.6 is 15.9 Å². The van der Waals surface area contributed by atoms with E-state index in [1.54, 1.807) is 18.3 Å². The van der Waals surface area contributed by atoms with Gasteiger partial charge in [-0.2, -0.15) is 0 Å². The van der Waals surface area contributed by atoms with Crippen molar-refractivity contribution in [2.45, 2.75) is 13.0 Å². The highest BCUT2D eigenvalue weighted by molar-refractivity contribution is 9.10. The van der Waals surface area contributed by atoms with Crippen LogP contribution in [0.2, 0.25) is 0 Å². The molecule has 106 valence electrons. The van der Waals surface area contributed by atoms with E-state index in [-0.39, 0.29) is 11.9 Å². The molecule has 0 aliphatic carbocycles. The normalized spacial score (nSPS) is 12.3. The Morgan fingerprint density at radius 3 is 2.67 bits per heavy atom. The molecule has 21 heavy (non-hydrogen) atoms. The summed E-state index contributed by atoms with van der Waals surface area (Å²) in [4.78, 5) is 4.47. The second kappa shape index (κ2) is 5.82. The zero-order valence-electron chi connectivity index (χ0n) is 11.5. The highest BCUT2D eigenvalue weighted by atomic mass is 79.9. The lowest BCUT2D eigenvalue weighted by atomic mass is 10.1. The molecule has 0 saturated carbocycles. The molecule has 1 N–H and O–H groups in total. The number of para-hydroxylation sites is 1. The lowest BCUT2D eigenvalue weighted by Crippen LogP contribution is -2.07. The van der Waals surface area contributed by atoms with Gasteiger partial charge in [0.15, 0.2) is 0 Å². The molecule has 3 aromatic rings. The van der Waals surface area contributed by atoms with Crippen LogP contribution in [0.4, 0.5) is 10.1 Å². The van der Waals surface area contributed by atoms with Crippen molar-refractivity contribution in [1.29, 1.82) is 0 Å². The van der Waals surface area contributed by atoms with E-state index >= 15 is 0 Å². The highest BCUT2D eigenvalue weighted by Gasteiger charge is 2.08. The molecule has 1 aromatic heterocycles. The van der Waals surface area contributed by atoms with E-state index in [2.05, 4.69) is 26.2 Å². The van der Waals surface area contributed by atoms with E-state index in [4.69, 9.17) is 0 Å². The van der Waals surface area contributed by atoms with Gasteiger partial charge in [-0.05, 0) is 52.7 Å². The summed E-state index contributed by atoms with van der Waals surface area (Å²) in [5.74, 6) is -0.220. The largest absolute Gasteiger partial charge is 0.377 e. The van der Waals surface area contributed by atoms with E-state index in [0.29, 0.717) is 0 Å². The van der Waals surface area contributed by atoms with Gasteiger partial charge in [-0.15, -0.1) is 0 Å². The standard InChI is InChI=1S/C17H14BrFN2/c1-11(12-5-7-15(19)8-6-12)21-16-4-2-3-13-9-14(18)10-20-17(13)16/h2-11,21H,1H3. The Morgan fingerprint density at radius 1 is 1.14 bits per heavy atom. The molecule has 0 amide bonds. The minimum Gasteiger partial charge on any atom is -0.377 e. The quantitative estimate of drug-likeness (QED) is 0.696. The summed E-state index contributed by atoms with van der Waals surface area (Å²) in [5, 5.41) is 4.51. The number of nitrogens with one attached hydrogen (secondary N) is 1. The lowest BCUT2D eigenvalue weighted by molar-refractivity contribution is 0.626. The topological polar surface area (TPSA) is 24.9 Å². The summed E-state index contributed by atoms with van der Waals surface area (Å²) < 4.78 is 13.9. The smallest absolute Gasteiger partial charge is 0.123 e. The Hall–Kier alpha value is -1.94. The number of nitrogens with zero attached hydrogens (tertiary/aromatic N) is 1. The van der Waals surface area contributed by atoms with E-state index < -0.39 is 0 Å². The summed E-state index contributed by atoms with van der Waals surface area (Å²) in [6.45, 7) is 2.05. The second-order valence-corrected chi connectivity index (χ2v) is 5.86. The van der Waals surface area contributed by atoms with Crippen LogP contribution in [0.5, 0.6) is 0 Å². The summed E-state index contributed by atoms with van der Waals surface area (Å²) in [6.07, 6.45) is 1.79. The number of hydrogen-bond donors (Lipinski definition) is 1. The molecule has 1 atom stereocenters. The molecule has 2 aromatic carbocycles. The molecule has 3 rings (SSSR count). The number of halogens is 2. The van der Waals surface area contributed by atoms with Crippen molar-refractivity contribution in [3.05, 3.63) is 70.6 Å². The molecule has 0 bridgehead atoms. The van der Waals surface area contributed by atoms with Gasteiger partial charge in [0, 0.05) is 22.1 Å². The van der Waals surface area contributed by atoms with Gasteiger partial charge in [0.1, 0.15) is 5.82 Å². The molecule has 0 aliphatic heterocycles. The average Bonchev–Trinajstić information content (AvgIpc) is 2.47. The van der Waals surface area contributed by atoms with Gasteiger partial charge in [-0.1, -0.05) is 24.3 Å². The molecule has 4 heteroatoms. The molecular formula is C17H14BrFN2. The van der Waals surface area contributed by atoms with Gasteiger partial charge in [-0.25, -0.2) is 4.39 Å². The summed E-state index contributed by atoms with van der Waals surface area (Å²) in [7, 11) is 0. The van der Waals surface area contributed by atoms with Crippen LogP contribution in [0.15, 0.2) is 59.2 Å². The van der Waals surface area contributed by atoms with E-state index in [9.17, 15) is 4.39 Å². The van der Waals surface area contributed by atoms with Crippen LogP contribution in [0.25, 0.3) is 10.9 Å². The van der Waals surface area contributed by atoms with Crippen LogP contribution in [0, 0.1) is 5.82 Å². The summed E-state index contributed by atoms with van der Waals surface area (Å²) >= 11 is 3.43. The predicted molar refractivity (Wildman–Crippen MR) is 87.9 cm³/mol. The zero-order chi connectivity index (χ0) is 14.8. The van der Waals surface area contributed by atoms with Crippen molar-refractivity contribution in [3.63, 3.8) is 0 Å². The molecule has 0 fully saturated rings. The maximum Gasteiger partial charge on any atom is 0.123 e. The Morgan fingerprint density at radius 2 is 1.90 bits per heavy atom. The Labute approximate surface area is 131 Å². The van der Waals surface area contributed by atoms with Crippen molar-refractivity contribution in [2.75, 3.05) is 5.32 Å². The molecule has 0 saturated heterocycles. The van der Waals surface area contributed by atoms with Gasteiger partial charge in [0.25, 0.3) is 0 Å². The van der Waals surface area contributed by atoms with Crippen molar-refractivity contribution in [3.8, 4) is 0 Å². The number of rotatable bonds is 3. The average molecular weight is 345 g/mol. The molecule has 2 nitrogen and oxygen atoms in total. The number of aromatic nitrogens is 1. The fourth-order valence-electron chi connectivity index (χ4n) is 2.32. The third-order valence-corrected chi connectivity index (χ3v) is 3.85. The number of hydrogen-bond acceptors (Lipinski definition) is 2. The fourth-order valence-corrected chi connectivity index (χ4v) is 2.67. The third kappa shape index (κ3) is 3.05. The monoisotopic (exact) mass is 344 g/mol. The van der Waals surface area contributed by atoms with Crippen LogP contribution in [0.3, 0.4) is 0 Å². The van der Waals surface area contributed by atoms with Crippen LogP contribution < -0.4 is 5.32 Å². The van der Waals surface area contributed by atoms with Crippen molar-refractivity contribution in [1.82, 2.24) is 4.98 Å². The minimum atomic E-state index is -0.220. The number of pyridine rings is 1. The molecule has 0 aliphatic rings. The first-order chi connectivity index (χ1) is 10.1. The van der Waals surface area contributed by atoms with Gasteiger partial charge < -0.3 is 5.32 Å². The number of anilines is 1. The first-order valence-electron chi connectivity index (χ1n) is 6.70. The molecular weight excluding hydrogens is 331 g/mol. The van der Waals surface area contributed by atoms with Gasteiger partial charge in [0.05, 0.1) is 11.2 Å². The third-order valence-electron chi connectivity index (χ3n) is 3.42. The Balaban J connectivity index is 1.92. The van der Waals surface area contributed by atoms with Crippen molar-refractivity contribution >= 4 is 32.5 Å². The zero-order valence-corrected chi connectivity index (χ0v) is 13.1. The number of fused-ring (bicyclic) bond motifs is 1. The minimum absolute atomic E-state index is 0.0710. The second-order valence-electron chi connectivity index (χ2n) is 4.95. The molecule has 1 heterocycles. The lowest BCUT2D eigenvalue weighted by Gasteiger charge is -2.17. The number of benzene rings is 2. The van der Waals surface area contributed by atoms with Crippen LogP contribution in [0.1, 0.15) is 18.5 Å². The summed E-state index contributed by atoms with van der Waals surface area (Å²) in [5.41, 5.74) is 2.93. The molecule has 1 unspecified atom stereocenters. The van der Waals surface area contributed by atoms with Gasteiger partial charge in [0.2, 0.25) is 0 Å². The maximum atomic E-state index is 13.0. The van der Waals surface area contributed by atoms with Crippen LogP contribution in [-0.4, -0.2) is 4.98 Å². The molecule has 0 spiro atoms. The fraction of sp³-hybridized carbons (Fsp3) is 0.118. The Bertz CT molecular complexity index is 771. The summed E-state index contributed by atoms with van der Waals surface area (Å²) in [6, 6.07) is 14.7. The van der Waals surface area contributed by atoms with Gasteiger partial charge in [-0.3, -0.25) is 4.98 Å². The molecule has 0 radical (unpaired) electrons. The first-order valence-corrected chi connectivity index (χ1v) is 7.49. The Kier molecular flexibility index (Phi) is 3.88. The van der Waals surface area contributed by atoms with Gasteiger partial charge >= 0.3 is 0 Å². The first kappa shape index (κ1) is 14.0. The van der Waals surface area contributed by atoms with E-state index in [0.717, 1.165) is 26.6 Å². The predicted octanol–water partition coefficient (Wildman–Crippen LogP) is 5.31. The van der Waals surface area contributed by atoms with Crippen molar-refractivity contribution < 1.29 is 4.39 Å². The van der Waals surface area contributed by atoms with E-state index in [1.807, 2.05) is 31.2 Å². The SMILES string of the molecule is CC(Nc1cccc2cc(Br)cnc12)c1ccc(F)cc1. The van der Waals surface area contributed by atoms with E-state index in [1.165, 1.54) is 12.1 Å². The van der Waals surface area contributed by atoms with Crippen LogP contribution in [-0.2, 0) is 0 Å².